The predicted molar refractivity (Wildman–Crippen MR) is 108 cm³/mol. The lowest BCUT2D eigenvalue weighted by atomic mass is 9.73. The number of carbonyl (C=O) groups excluding carboxylic acids is 1. The van der Waals surface area contributed by atoms with Crippen molar-refractivity contribution in [3.8, 4) is 0 Å². The molecule has 2 aromatic rings. The molecule has 0 radical (unpaired) electrons. The number of nitrogens with one attached hydrogen (secondary N) is 1. The summed E-state index contributed by atoms with van der Waals surface area (Å²) in [6.07, 6.45) is 3.36. The van der Waals surface area contributed by atoms with E-state index in [-0.39, 0.29) is 11.9 Å². The van der Waals surface area contributed by atoms with E-state index in [4.69, 9.17) is 4.74 Å². The van der Waals surface area contributed by atoms with Crippen LogP contribution in [0.15, 0.2) is 59.1 Å². The van der Waals surface area contributed by atoms with E-state index in [2.05, 4.69) is 64.6 Å². The lowest BCUT2D eigenvalue weighted by Gasteiger charge is -2.37. The first-order chi connectivity index (χ1) is 12.6. The number of aryl methyl sites for hydroxylation is 1. The minimum atomic E-state index is -0.486. The van der Waals surface area contributed by atoms with Crippen molar-refractivity contribution in [1.82, 2.24) is 5.32 Å². The Balaban J connectivity index is 1.68. The standard InChI is InChI=1S/C22H26BrNO2/c1-17(7-8-18-5-3-2-4-6-18)24-21(25)22(13-15-26-16-14-22)19-9-11-20(23)12-10-19/h2-6,9-12,17H,7-8,13-16H2,1H3,(H,24,25). The van der Waals surface area contributed by atoms with E-state index in [1.165, 1.54) is 5.56 Å². The van der Waals surface area contributed by atoms with Crippen molar-refractivity contribution in [2.24, 2.45) is 0 Å². The molecule has 1 N–H and O–H groups in total. The maximum Gasteiger partial charge on any atom is 0.231 e. The van der Waals surface area contributed by atoms with Gasteiger partial charge in [0.2, 0.25) is 5.91 Å². The first-order valence-corrected chi connectivity index (χ1v) is 10.1. The van der Waals surface area contributed by atoms with E-state index in [1.54, 1.807) is 0 Å². The van der Waals surface area contributed by atoms with Gasteiger partial charge in [-0.15, -0.1) is 0 Å². The number of hydrogen-bond acceptors (Lipinski definition) is 2. The lowest BCUT2D eigenvalue weighted by Crippen LogP contribution is -2.50. The van der Waals surface area contributed by atoms with Crippen LogP contribution in [0.3, 0.4) is 0 Å². The highest BCUT2D eigenvalue weighted by Gasteiger charge is 2.41. The van der Waals surface area contributed by atoms with E-state index in [0.29, 0.717) is 13.2 Å². The summed E-state index contributed by atoms with van der Waals surface area (Å²) in [5.74, 6) is 0.128. The van der Waals surface area contributed by atoms with Crippen molar-refractivity contribution in [2.45, 2.75) is 44.1 Å². The number of ether oxygens (including phenoxy) is 1. The third kappa shape index (κ3) is 4.54. The molecule has 4 heteroatoms. The van der Waals surface area contributed by atoms with Gasteiger partial charge in [0.15, 0.2) is 0 Å². The SMILES string of the molecule is CC(CCc1ccccc1)NC(=O)C1(c2ccc(Br)cc2)CCOCC1. The summed E-state index contributed by atoms with van der Waals surface area (Å²) < 4.78 is 6.57. The Morgan fingerprint density at radius 2 is 1.77 bits per heavy atom. The molecule has 0 aliphatic carbocycles. The molecule has 1 heterocycles. The summed E-state index contributed by atoms with van der Waals surface area (Å²) in [6.45, 7) is 3.35. The second-order valence-corrected chi connectivity index (χ2v) is 8.02. The Bertz CT molecular complexity index is 709. The molecule has 1 fully saturated rings. The van der Waals surface area contributed by atoms with Gasteiger partial charge in [0, 0.05) is 23.7 Å². The summed E-state index contributed by atoms with van der Waals surface area (Å²) in [5, 5.41) is 3.27. The molecule has 0 spiro atoms. The molecule has 1 aliphatic heterocycles. The van der Waals surface area contributed by atoms with Crippen molar-refractivity contribution < 1.29 is 9.53 Å². The van der Waals surface area contributed by atoms with E-state index < -0.39 is 5.41 Å². The van der Waals surface area contributed by atoms with Crippen LogP contribution in [0.2, 0.25) is 0 Å². The fourth-order valence-corrected chi connectivity index (χ4v) is 3.86. The quantitative estimate of drug-likeness (QED) is 0.746. The van der Waals surface area contributed by atoms with Crippen molar-refractivity contribution in [3.63, 3.8) is 0 Å². The first kappa shape index (κ1) is 19.1. The van der Waals surface area contributed by atoms with Crippen LogP contribution in [0.25, 0.3) is 0 Å². The van der Waals surface area contributed by atoms with Crippen molar-refractivity contribution in [3.05, 3.63) is 70.2 Å². The van der Waals surface area contributed by atoms with Gasteiger partial charge in [-0.05, 0) is 55.9 Å². The van der Waals surface area contributed by atoms with Gasteiger partial charge in [-0.3, -0.25) is 4.79 Å². The number of hydrogen-bond donors (Lipinski definition) is 1. The normalized spacial score (nSPS) is 17.5. The van der Waals surface area contributed by atoms with Crippen LogP contribution in [0.1, 0.15) is 37.3 Å². The highest BCUT2D eigenvalue weighted by molar-refractivity contribution is 9.10. The molecule has 1 atom stereocenters. The van der Waals surface area contributed by atoms with Gasteiger partial charge in [-0.25, -0.2) is 0 Å². The fourth-order valence-electron chi connectivity index (χ4n) is 3.60. The Kier molecular flexibility index (Phi) is 6.49. The van der Waals surface area contributed by atoms with Gasteiger partial charge in [0.1, 0.15) is 0 Å². The molecule has 3 rings (SSSR count). The average molecular weight is 416 g/mol. The zero-order valence-corrected chi connectivity index (χ0v) is 16.8. The molecule has 3 nitrogen and oxygen atoms in total. The average Bonchev–Trinajstić information content (AvgIpc) is 2.68. The molecule has 1 saturated heterocycles. The van der Waals surface area contributed by atoms with Crippen LogP contribution in [-0.2, 0) is 21.4 Å². The van der Waals surface area contributed by atoms with Crippen LogP contribution in [0.4, 0.5) is 0 Å². The van der Waals surface area contributed by atoms with Gasteiger partial charge in [0.05, 0.1) is 5.41 Å². The fraction of sp³-hybridized carbons (Fsp3) is 0.409. The Morgan fingerprint density at radius 1 is 1.12 bits per heavy atom. The highest BCUT2D eigenvalue weighted by atomic mass is 79.9. The van der Waals surface area contributed by atoms with Crippen LogP contribution in [0, 0.1) is 0 Å². The van der Waals surface area contributed by atoms with Crippen LogP contribution < -0.4 is 5.32 Å². The molecule has 138 valence electrons. The summed E-state index contributed by atoms with van der Waals surface area (Å²) in [6, 6.07) is 18.7. The Morgan fingerprint density at radius 3 is 2.42 bits per heavy atom. The largest absolute Gasteiger partial charge is 0.381 e. The van der Waals surface area contributed by atoms with Crippen LogP contribution in [0.5, 0.6) is 0 Å². The molecule has 0 bridgehead atoms. The van der Waals surface area contributed by atoms with Crippen molar-refractivity contribution >= 4 is 21.8 Å². The zero-order valence-electron chi connectivity index (χ0n) is 15.2. The molecule has 1 amide bonds. The zero-order chi connectivity index (χ0) is 18.4. The number of benzene rings is 2. The number of carbonyl (C=O) groups is 1. The molecule has 26 heavy (non-hydrogen) atoms. The summed E-state index contributed by atoms with van der Waals surface area (Å²) in [5.41, 5.74) is 1.90. The Hall–Kier alpha value is -1.65. The smallest absolute Gasteiger partial charge is 0.231 e. The second-order valence-electron chi connectivity index (χ2n) is 7.10. The van der Waals surface area contributed by atoms with Crippen molar-refractivity contribution in [2.75, 3.05) is 13.2 Å². The van der Waals surface area contributed by atoms with Gasteiger partial charge in [-0.1, -0.05) is 58.4 Å². The number of halogens is 1. The van der Waals surface area contributed by atoms with Crippen LogP contribution >= 0.6 is 15.9 Å². The molecule has 0 aromatic heterocycles. The maximum atomic E-state index is 13.2. The molecule has 1 unspecified atom stereocenters. The topological polar surface area (TPSA) is 38.3 Å². The molecule has 1 aliphatic rings. The Labute approximate surface area is 164 Å². The molecule has 0 saturated carbocycles. The first-order valence-electron chi connectivity index (χ1n) is 9.29. The van der Waals surface area contributed by atoms with E-state index in [1.807, 2.05) is 18.2 Å². The van der Waals surface area contributed by atoms with E-state index >= 15 is 0 Å². The second kappa shape index (κ2) is 8.83. The number of amides is 1. The van der Waals surface area contributed by atoms with Crippen molar-refractivity contribution in [1.29, 1.82) is 0 Å². The maximum absolute atomic E-state index is 13.2. The lowest BCUT2D eigenvalue weighted by molar-refractivity contribution is -0.131. The van der Waals surface area contributed by atoms with Crippen LogP contribution in [-0.4, -0.2) is 25.2 Å². The van der Waals surface area contributed by atoms with E-state index in [9.17, 15) is 4.79 Å². The molecular formula is C22H26BrNO2. The summed E-state index contributed by atoms with van der Waals surface area (Å²) >= 11 is 3.48. The number of rotatable bonds is 6. The van der Waals surface area contributed by atoms with Gasteiger partial charge < -0.3 is 10.1 Å². The van der Waals surface area contributed by atoms with Gasteiger partial charge in [-0.2, -0.15) is 0 Å². The van der Waals surface area contributed by atoms with Gasteiger partial charge in [0.25, 0.3) is 0 Å². The highest BCUT2D eigenvalue weighted by Crippen LogP contribution is 2.36. The third-order valence-corrected chi connectivity index (χ3v) is 5.79. The summed E-state index contributed by atoms with van der Waals surface area (Å²) in [7, 11) is 0. The molecule has 2 aromatic carbocycles. The van der Waals surface area contributed by atoms with Gasteiger partial charge >= 0.3 is 0 Å². The predicted octanol–water partition coefficient (Wildman–Crippen LogP) is 4.63. The van der Waals surface area contributed by atoms with E-state index in [0.717, 1.165) is 35.7 Å². The minimum Gasteiger partial charge on any atom is -0.381 e. The minimum absolute atomic E-state index is 0.128. The third-order valence-electron chi connectivity index (χ3n) is 5.26. The molecular weight excluding hydrogens is 390 g/mol. The summed E-state index contributed by atoms with van der Waals surface area (Å²) in [4.78, 5) is 13.2. The monoisotopic (exact) mass is 415 g/mol.